The van der Waals surface area contributed by atoms with Gasteiger partial charge >= 0.3 is 6.09 Å². The fourth-order valence-electron chi connectivity index (χ4n) is 2.45. The fourth-order valence-corrected chi connectivity index (χ4v) is 2.98. The van der Waals surface area contributed by atoms with Gasteiger partial charge in [0.15, 0.2) is 5.82 Å². The highest BCUT2D eigenvalue weighted by Gasteiger charge is 2.11. The molecule has 3 N–H and O–H groups in total. The Morgan fingerprint density at radius 1 is 1.46 bits per heavy atom. The molecule has 1 aromatic heterocycles. The van der Waals surface area contributed by atoms with Crippen molar-refractivity contribution in [2.24, 2.45) is 10.7 Å². The SMILES string of the molecule is C=C(N)c1ncn(CCCCOC(=O)NCc2cccc(Br)c2)c1/N=C(\C)Cl. The molecule has 150 valence electrons. The summed E-state index contributed by atoms with van der Waals surface area (Å²) < 4.78 is 8.02. The van der Waals surface area contributed by atoms with Crippen LogP contribution in [0.3, 0.4) is 0 Å². The normalized spacial score (nSPS) is 11.3. The zero-order chi connectivity index (χ0) is 20.5. The minimum absolute atomic E-state index is 0.322. The lowest BCUT2D eigenvalue weighted by Gasteiger charge is -2.09. The summed E-state index contributed by atoms with van der Waals surface area (Å²) in [6.45, 7) is 6.77. The lowest BCUT2D eigenvalue weighted by molar-refractivity contribution is 0.143. The maximum absolute atomic E-state index is 11.8. The van der Waals surface area contributed by atoms with Crippen LogP contribution in [0.2, 0.25) is 0 Å². The highest BCUT2D eigenvalue weighted by atomic mass is 79.9. The summed E-state index contributed by atoms with van der Waals surface area (Å²) in [5.41, 5.74) is 7.59. The number of aryl methyl sites for hydroxylation is 1. The number of imidazole rings is 1. The van der Waals surface area contributed by atoms with Crippen LogP contribution in [-0.2, 0) is 17.8 Å². The number of nitrogens with one attached hydrogen (secondary N) is 1. The average molecular weight is 469 g/mol. The van der Waals surface area contributed by atoms with E-state index >= 15 is 0 Å². The molecule has 0 atom stereocenters. The quantitative estimate of drug-likeness (QED) is 0.416. The number of aromatic nitrogens is 2. The van der Waals surface area contributed by atoms with Crippen LogP contribution in [0.15, 0.2) is 46.6 Å². The number of rotatable bonds is 9. The third-order valence-electron chi connectivity index (χ3n) is 3.73. The molecule has 28 heavy (non-hydrogen) atoms. The van der Waals surface area contributed by atoms with Crippen molar-refractivity contribution in [3.8, 4) is 0 Å². The van der Waals surface area contributed by atoms with Crippen molar-refractivity contribution in [3.63, 3.8) is 0 Å². The van der Waals surface area contributed by atoms with Gasteiger partial charge in [-0.1, -0.05) is 46.2 Å². The molecule has 0 spiro atoms. The molecule has 9 heteroatoms. The number of hydrogen-bond donors (Lipinski definition) is 2. The average Bonchev–Trinajstić information content (AvgIpc) is 3.02. The summed E-state index contributed by atoms with van der Waals surface area (Å²) in [6, 6.07) is 7.72. The van der Waals surface area contributed by atoms with Crippen molar-refractivity contribution in [3.05, 3.63) is 52.9 Å². The number of carbonyl (C=O) groups is 1. The Hall–Kier alpha value is -2.32. The van der Waals surface area contributed by atoms with Gasteiger partial charge in [-0.15, -0.1) is 0 Å². The van der Waals surface area contributed by atoms with E-state index in [2.05, 4.69) is 37.8 Å². The van der Waals surface area contributed by atoms with Crippen LogP contribution in [-0.4, -0.2) is 27.4 Å². The molecule has 0 aliphatic rings. The van der Waals surface area contributed by atoms with Crippen LogP contribution >= 0.6 is 27.5 Å². The van der Waals surface area contributed by atoms with E-state index in [1.165, 1.54) is 0 Å². The van der Waals surface area contributed by atoms with Crippen molar-refractivity contribution in [1.82, 2.24) is 14.9 Å². The minimum Gasteiger partial charge on any atom is -0.450 e. The number of amides is 1. The number of benzene rings is 1. The van der Waals surface area contributed by atoms with E-state index in [4.69, 9.17) is 22.1 Å². The lowest BCUT2D eigenvalue weighted by atomic mass is 10.2. The smallest absolute Gasteiger partial charge is 0.407 e. The third kappa shape index (κ3) is 7.01. The predicted molar refractivity (Wildman–Crippen MR) is 116 cm³/mol. The van der Waals surface area contributed by atoms with Crippen LogP contribution in [0.1, 0.15) is 31.0 Å². The summed E-state index contributed by atoms with van der Waals surface area (Å²) in [5, 5.41) is 3.11. The monoisotopic (exact) mass is 467 g/mol. The Labute approximate surface area is 177 Å². The van der Waals surface area contributed by atoms with Crippen molar-refractivity contribution < 1.29 is 9.53 Å². The molecule has 0 fully saturated rings. The summed E-state index contributed by atoms with van der Waals surface area (Å²) in [5.74, 6) is 0.577. The molecule has 1 aromatic carbocycles. The molecule has 0 aliphatic heterocycles. The Bertz CT molecular complexity index is 862. The van der Waals surface area contributed by atoms with E-state index in [0.29, 0.717) is 48.5 Å². The number of alkyl carbamates (subject to hydrolysis) is 1. The number of carbonyl (C=O) groups excluding carboxylic acids is 1. The highest BCUT2D eigenvalue weighted by Crippen LogP contribution is 2.23. The maximum Gasteiger partial charge on any atom is 0.407 e. The molecule has 1 amide bonds. The molecular formula is C19H23BrClN5O2. The van der Waals surface area contributed by atoms with Gasteiger partial charge in [0.2, 0.25) is 0 Å². The molecule has 0 bridgehead atoms. The number of nitrogens with zero attached hydrogens (tertiary/aromatic N) is 3. The number of ether oxygens (including phenoxy) is 1. The van der Waals surface area contributed by atoms with E-state index < -0.39 is 6.09 Å². The third-order valence-corrected chi connectivity index (χ3v) is 4.30. The maximum atomic E-state index is 11.8. The molecule has 0 aliphatic carbocycles. The van der Waals surface area contributed by atoms with Gasteiger partial charge in [-0.05, 0) is 37.5 Å². The Morgan fingerprint density at radius 2 is 2.25 bits per heavy atom. The molecule has 0 unspecified atom stereocenters. The summed E-state index contributed by atoms with van der Waals surface area (Å²) in [6.07, 6.45) is 2.69. The number of nitrogens with two attached hydrogens (primary N) is 1. The van der Waals surface area contributed by atoms with E-state index in [1.807, 2.05) is 28.8 Å². The first-order chi connectivity index (χ1) is 13.4. The van der Waals surface area contributed by atoms with Gasteiger partial charge in [-0.3, -0.25) is 0 Å². The Morgan fingerprint density at radius 3 is 2.93 bits per heavy atom. The Balaban J connectivity index is 1.73. The second-order valence-corrected chi connectivity index (χ2v) is 7.53. The van der Waals surface area contributed by atoms with Gasteiger partial charge in [0.1, 0.15) is 10.9 Å². The van der Waals surface area contributed by atoms with E-state index in [9.17, 15) is 4.79 Å². The first-order valence-corrected chi connectivity index (χ1v) is 9.89. The van der Waals surface area contributed by atoms with E-state index in [0.717, 1.165) is 16.5 Å². The Kier molecular flexibility index (Phi) is 8.53. The van der Waals surface area contributed by atoms with Crippen LogP contribution in [0.25, 0.3) is 5.70 Å². The van der Waals surface area contributed by atoms with Gasteiger partial charge in [0.25, 0.3) is 0 Å². The number of aliphatic imine (C=N–C) groups is 1. The number of halogens is 2. The summed E-state index contributed by atoms with van der Waals surface area (Å²) >= 11 is 9.29. The lowest BCUT2D eigenvalue weighted by Crippen LogP contribution is -2.24. The highest BCUT2D eigenvalue weighted by molar-refractivity contribution is 9.10. The van der Waals surface area contributed by atoms with Gasteiger partial charge in [0, 0.05) is 17.6 Å². The van der Waals surface area contributed by atoms with Crippen molar-refractivity contribution >= 4 is 50.3 Å². The van der Waals surface area contributed by atoms with Gasteiger partial charge in [0.05, 0.1) is 18.6 Å². The molecule has 2 aromatic rings. The van der Waals surface area contributed by atoms with Gasteiger partial charge < -0.3 is 20.4 Å². The van der Waals surface area contributed by atoms with Crippen molar-refractivity contribution in [1.29, 1.82) is 0 Å². The van der Waals surface area contributed by atoms with Crippen LogP contribution < -0.4 is 11.1 Å². The van der Waals surface area contributed by atoms with Crippen LogP contribution in [0, 0.1) is 0 Å². The van der Waals surface area contributed by atoms with Gasteiger partial charge in [-0.25, -0.2) is 14.8 Å². The number of unbranched alkanes of at least 4 members (excludes halogenated alkanes) is 1. The standard InChI is InChI=1S/C19H23BrClN5O2/c1-13(22)17-18(25-14(2)21)26(12-24-17)8-3-4-9-28-19(27)23-11-15-6-5-7-16(20)10-15/h5-7,10,12H,1,3-4,8-9,11,22H2,2H3,(H,23,27)/b25-14+. The summed E-state index contributed by atoms with van der Waals surface area (Å²) in [4.78, 5) is 20.3. The molecule has 1 heterocycles. The molecular weight excluding hydrogens is 446 g/mol. The first kappa shape index (κ1) is 22.0. The first-order valence-electron chi connectivity index (χ1n) is 8.72. The molecule has 0 saturated carbocycles. The van der Waals surface area contributed by atoms with Crippen LogP contribution in [0.5, 0.6) is 0 Å². The fraction of sp³-hybridized carbons (Fsp3) is 0.316. The second kappa shape index (κ2) is 10.9. The second-order valence-electron chi connectivity index (χ2n) is 6.07. The molecule has 2 rings (SSSR count). The van der Waals surface area contributed by atoms with Crippen molar-refractivity contribution in [2.45, 2.75) is 32.9 Å². The molecule has 7 nitrogen and oxygen atoms in total. The summed E-state index contributed by atoms with van der Waals surface area (Å²) in [7, 11) is 0. The van der Waals surface area contributed by atoms with E-state index in [-0.39, 0.29) is 0 Å². The van der Waals surface area contributed by atoms with Crippen molar-refractivity contribution in [2.75, 3.05) is 6.61 Å². The van der Waals surface area contributed by atoms with E-state index in [1.54, 1.807) is 13.3 Å². The zero-order valence-electron chi connectivity index (χ0n) is 15.6. The number of hydrogen-bond acceptors (Lipinski definition) is 5. The zero-order valence-corrected chi connectivity index (χ0v) is 18.0. The van der Waals surface area contributed by atoms with Crippen LogP contribution in [0.4, 0.5) is 10.6 Å². The molecule has 0 radical (unpaired) electrons. The predicted octanol–water partition coefficient (Wildman–Crippen LogP) is 4.57. The molecule has 0 saturated heterocycles. The minimum atomic E-state index is -0.438. The van der Waals surface area contributed by atoms with Gasteiger partial charge in [-0.2, -0.15) is 0 Å². The topological polar surface area (TPSA) is 94.5 Å². The largest absolute Gasteiger partial charge is 0.450 e.